The number of methoxy groups -OCH3 is 1. The van der Waals surface area contributed by atoms with E-state index >= 15 is 0 Å². The number of aromatic nitrogens is 2. The van der Waals surface area contributed by atoms with Crippen molar-refractivity contribution in [3.05, 3.63) is 168 Å². The molecule has 3 N–H and O–H groups in total. The van der Waals surface area contributed by atoms with Crippen LogP contribution in [0.2, 0.25) is 0 Å². The number of esters is 1. The van der Waals surface area contributed by atoms with E-state index in [9.17, 15) is 14.0 Å². The minimum absolute atomic E-state index is 0.0216. The Morgan fingerprint density at radius 3 is 1.61 bits per heavy atom. The van der Waals surface area contributed by atoms with Crippen LogP contribution in [0, 0.1) is 12.7 Å². The molecule has 62 heavy (non-hydrogen) atoms. The van der Waals surface area contributed by atoms with Crippen molar-refractivity contribution in [3.8, 4) is 22.3 Å². The minimum atomic E-state index is -0.278. The SMILES string of the molecule is COC(=O)Cc1ccc(-c2ccc(N3CCOCC3)cc2)cn1.Cc1cccc(CNC(=O)Cc2ccc(-c3ccc(N4CCOCC4)cc3)cn2)c1.NCc1cccc(F)c1. The second-order valence-electron chi connectivity index (χ2n) is 14.9. The molecule has 0 spiro atoms. The standard InChI is InChI=1S/C25H27N3O2.C18H20N2O3.C7H8FN/c1-19-3-2-4-20(15-19)17-27-25(29)16-23-8-5-22(18-26-23)21-6-9-24(10-7-21)28-11-13-30-14-12-28;1-22-18(21)12-16-5-2-15(13-19-16)14-3-6-17(7-4-14)20-8-10-23-11-9-20;8-7-3-1-2-6(4-7)5-9/h2-10,15,18H,11-14,16-17H2,1H3,(H,27,29);2-7,13H,8-12H2,1H3;1-4H,5,9H2. The number of amides is 1. The Kier molecular flexibility index (Phi) is 17.1. The van der Waals surface area contributed by atoms with Gasteiger partial charge in [-0.3, -0.25) is 19.6 Å². The summed E-state index contributed by atoms with van der Waals surface area (Å²) >= 11 is 0. The lowest BCUT2D eigenvalue weighted by atomic mass is 10.1. The number of benzene rings is 4. The van der Waals surface area contributed by atoms with E-state index in [-0.39, 0.29) is 30.5 Å². The number of nitrogens with two attached hydrogens (primary N) is 1. The quantitative estimate of drug-likeness (QED) is 0.128. The van der Waals surface area contributed by atoms with E-state index in [1.54, 1.807) is 18.3 Å². The lowest BCUT2D eigenvalue weighted by molar-refractivity contribution is -0.139. The summed E-state index contributed by atoms with van der Waals surface area (Å²) in [6.07, 6.45) is 4.11. The van der Waals surface area contributed by atoms with Crippen LogP contribution in [0.4, 0.5) is 15.8 Å². The van der Waals surface area contributed by atoms with Gasteiger partial charge in [-0.25, -0.2) is 4.39 Å². The molecule has 0 unspecified atom stereocenters. The molecule has 0 aliphatic carbocycles. The lowest BCUT2D eigenvalue weighted by Gasteiger charge is -2.28. The maximum absolute atomic E-state index is 12.3. The second-order valence-corrected chi connectivity index (χ2v) is 14.9. The number of halogens is 1. The van der Waals surface area contributed by atoms with Crippen LogP contribution in [0.1, 0.15) is 28.1 Å². The van der Waals surface area contributed by atoms with Crippen LogP contribution >= 0.6 is 0 Å². The van der Waals surface area contributed by atoms with Gasteiger partial charge in [-0.05, 0) is 77.7 Å². The van der Waals surface area contributed by atoms with Crippen molar-refractivity contribution in [1.29, 1.82) is 0 Å². The Labute approximate surface area is 363 Å². The number of nitrogens with one attached hydrogen (secondary N) is 1. The van der Waals surface area contributed by atoms with Crippen molar-refractivity contribution in [1.82, 2.24) is 15.3 Å². The number of ether oxygens (including phenoxy) is 3. The van der Waals surface area contributed by atoms with Crippen LogP contribution in [-0.4, -0.2) is 81.6 Å². The topological polar surface area (TPSA) is 132 Å². The van der Waals surface area contributed by atoms with Crippen LogP contribution < -0.4 is 20.9 Å². The summed E-state index contributed by atoms with van der Waals surface area (Å²) in [5, 5.41) is 2.97. The molecule has 4 heterocycles. The predicted molar refractivity (Wildman–Crippen MR) is 242 cm³/mol. The molecule has 2 fully saturated rings. The number of pyridine rings is 2. The summed E-state index contributed by atoms with van der Waals surface area (Å²) in [6.45, 7) is 9.85. The van der Waals surface area contributed by atoms with E-state index in [0.29, 0.717) is 18.8 Å². The predicted octanol–water partition coefficient (Wildman–Crippen LogP) is 7.34. The summed E-state index contributed by atoms with van der Waals surface area (Å²) in [4.78, 5) is 37.0. The number of hydrogen-bond donors (Lipinski definition) is 2. The molecule has 2 aliphatic heterocycles. The molecule has 12 heteroatoms. The Morgan fingerprint density at radius 1 is 0.661 bits per heavy atom. The van der Waals surface area contributed by atoms with E-state index < -0.39 is 0 Å². The normalized spacial score (nSPS) is 13.5. The van der Waals surface area contributed by atoms with E-state index in [1.165, 1.54) is 36.2 Å². The molecular formula is C50H55FN6O5. The van der Waals surface area contributed by atoms with Crippen molar-refractivity contribution < 1.29 is 28.2 Å². The molecule has 8 rings (SSSR count). The van der Waals surface area contributed by atoms with Crippen molar-refractivity contribution in [3.63, 3.8) is 0 Å². The van der Waals surface area contributed by atoms with Gasteiger partial charge in [0.15, 0.2) is 0 Å². The largest absolute Gasteiger partial charge is 0.469 e. The first-order chi connectivity index (χ1) is 30.3. The Bertz CT molecular complexity index is 2300. The highest BCUT2D eigenvalue weighted by molar-refractivity contribution is 5.78. The molecule has 0 atom stereocenters. The molecule has 1 amide bonds. The van der Waals surface area contributed by atoms with Gasteiger partial charge in [0.05, 0.1) is 52.1 Å². The van der Waals surface area contributed by atoms with Crippen molar-refractivity contribution in [2.24, 2.45) is 5.73 Å². The van der Waals surface area contributed by atoms with E-state index in [4.69, 9.17) is 15.2 Å². The lowest BCUT2D eigenvalue weighted by Crippen LogP contribution is -2.36. The Morgan fingerprint density at radius 2 is 1.16 bits per heavy atom. The summed E-state index contributed by atoms with van der Waals surface area (Å²) in [5.41, 5.74) is 16.6. The van der Waals surface area contributed by atoms with Gasteiger partial charge in [-0.1, -0.05) is 78.4 Å². The smallest absolute Gasteiger partial charge is 0.311 e. The highest BCUT2D eigenvalue weighted by atomic mass is 19.1. The molecule has 0 radical (unpaired) electrons. The first kappa shape index (κ1) is 45.1. The third-order valence-corrected chi connectivity index (χ3v) is 10.4. The number of rotatable bonds is 11. The van der Waals surface area contributed by atoms with Crippen molar-refractivity contribution in [2.75, 3.05) is 69.5 Å². The third kappa shape index (κ3) is 14.1. The average molecular weight is 839 g/mol. The highest BCUT2D eigenvalue weighted by Gasteiger charge is 2.13. The molecular weight excluding hydrogens is 784 g/mol. The van der Waals surface area contributed by atoms with E-state index in [2.05, 4.69) is 84.4 Å². The molecule has 11 nitrogen and oxygen atoms in total. The van der Waals surface area contributed by atoms with Gasteiger partial charge in [0, 0.05) is 79.9 Å². The van der Waals surface area contributed by atoms with Gasteiger partial charge in [0.2, 0.25) is 5.91 Å². The van der Waals surface area contributed by atoms with Crippen LogP contribution in [0.25, 0.3) is 22.3 Å². The zero-order valence-electron chi connectivity index (χ0n) is 35.5. The first-order valence-corrected chi connectivity index (χ1v) is 20.9. The van der Waals surface area contributed by atoms with E-state index in [1.807, 2.05) is 55.6 Å². The molecule has 2 saturated heterocycles. The fourth-order valence-electron chi connectivity index (χ4n) is 6.91. The fourth-order valence-corrected chi connectivity index (χ4v) is 6.91. The monoisotopic (exact) mass is 838 g/mol. The summed E-state index contributed by atoms with van der Waals surface area (Å²) in [6, 6.07) is 39.2. The second kappa shape index (κ2) is 23.5. The molecule has 4 aromatic carbocycles. The average Bonchev–Trinajstić information content (AvgIpc) is 3.32. The van der Waals surface area contributed by atoms with Gasteiger partial charge in [-0.2, -0.15) is 0 Å². The third-order valence-electron chi connectivity index (χ3n) is 10.4. The number of carbonyl (C=O) groups is 2. The number of nitrogens with zero attached hydrogens (tertiary/aromatic N) is 4. The molecule has 0 saturated carbocycles. The molecule has 0 bridgehead atoms. The number of hydrogen-bond acceptors (Lipinski definition) is 10. The van der Waals surface area contributed by atoms with Gasteiger partial charge in [-0.15, -0.1) is 0 Å². The zero-order valence-corrected chi connectivity index (χ0v) is 35.5. The summed E-state index contributed by atoms with van der Waals surface area (Å²) in [7, 11) is 1.38. The van der Waals surface area contributed by atoms with Crippen LogP contribution in [0.15, 0.2) is 134 Å². The number of aryl methyl sites for hydroxylation is 1. The number of anilines is 2. The van der Waals surface area contributed by atoms with Crippen molar-refractivity contribution >= 4 is 23.3 Å². The molecule has 322 valence electrons. The van der Waals surface area contributed by atoms with Crippen molar-refractivity contribution in [2.45, 2.75) is 32.9 Å². The Balaban J connectivity index is 0.000000176. The maximum Gasteiger partial charge on any atom is 0.311 e. The van der Waals surface area contributed by atoms with Gasteiger partial charge in [0.1, 0.15) is 5.82 Å². The molecule has 2 aromatic heterocycles. The zero-order chi connectivity index (χ0) is 43.5. The minimum Gasteiger partial charge on any atom is -0.469 e. The summed E-state index contributed by atoms with van der Waals surface area (Å²) in [5.74, 6) is -0.523. The van der Waals surface area contributed by atoms with Crippen LogP contribution in [-0.2, 0) is 49.7 Å². The molecule has 2 aliphatic rings. The molecule has 6 aromatic rings. The fraction of sp³-hybridized carbons (Fsp3) is 0.280. The number of carbonyl (C=O) groups excluding carboxylic acids is 2. The Hall–Kier alpha value is -6.47. The van der Waals surface area contributed by atoms with Gasteiger partial charge < -0.3 is 35.1 Å². The number of morpholine rings is 2. The van der Waals surface area contributed by atoms with Gasteiger partial charge in [0.25, 0.3) is 0 Å². The summed E-state index contributed by atoms with van der Waals surface area (Å²) < 4.78 is 27.7. The highest BCUT2D eigenvalue weighted by Crippen LogP contribution is 2.25. The van der Waals surface area contributed by atoms with E-state index in [0.717, 1.165) is 91.7 Å². The maximum atomic E-state index is 12.3. The van der Waals surface area contributed by atoms with Crippen LogP contribution in [0.5, 0.6) is 0 Å². The first-order valence-electron chi connectivity index (χ1n) is 20.9. The van der Waals surface area contributed by atoms with Crippen LogP contribution in [0.3, 0.4) is 0 Å². The van der Waals surface area contributed by atoms with Gasteiger partial charge >= 0.3 is 5.97 Å².